The fourth-order valence-electron chi connectivity index (χ4n) is 6.05. The van der Waals surface area contributed by atoms with Crippen molar-refractivity contribution in [1.29, 1.82) is 0 Å². The lowest BCUT2D eigenvalue weighted by molar-refractivity contribution is -0.128. The van der Waals surface area contributed by atoms with Gasteiger partial charge < -0.3 is 26.0 Å². The fourth-order valence-corrected chi connectivity index (χ4v) is 6.05. The van der Waals surface area contributed by atoms with E-state index in [1.165, 1.54) is 0 Å². The van der Waals surface area contributed by atoms with Crippen molar-refractivity contribution in [2.24, 2.45) is 5.73 Å². The Hall–Kier alpha value is -4.95. The molecule has 0 saturated heterocycles. The molecule has 0 aromatic heterocycles. The standard InChI is InChI=1S/C38H42N4O4/c1-5-40-36(44)31-12-8-7-11-30(31)26-16-14-25(15-17-26)24-42-33-13-9-6-10-28(33)22-32(27-18-20-29(46-4)21-19-27)35(37(42)45)41-34(43)23-38(2,3)39/h6-21,32,35H,5,22-24,39H2,1-4H3,(H,40,44)(H,41,43). The van der Waals surface area contributed by atoms with Crippen molar-refractivity contribution in [1.82, 2.24) is 10.6 Å². The van der Waals surface area contributed by atoms with Gasteiger partial charge in [-0.1, -0.05) is 72.8 Å². The van der Waals surface area contributed by atoms with Gasteiger partial charge in [-0.15, -0.1) is 0 Å². The van der Waals surface area contributed by atoms with Gasteiger partial charge in [0.2, 0.25) is 5.91 Å². The van der Waals surface area contributed by atoms with Gasteiger partial charge in [-0.3, -0.25) is 14.4 Å². The van der Waals surface area contributed by atoms with Gasteiger partial charge >= 0.3 is 0 Å². The SMILES string of the molecule is CCNC(=O)c1ccccc1-c1ccc(CN2C(=O)C(NC(=O)CC(C)(C)N)C(c3ccc(OC)cc3)Cc3ccccc32)cc1. The van der Waals surface area contributed by atoms with Gasteiger partial charge in [0.25, 0.3) is 11.8 Å². The summed E-state index contributed by atoms with van der Waals surface area (Å²) >= 11 is 0. The number of nitrogens with two attached hydrogens (primary N) is 1. The van der Waals surface area contributed by atoms with Crippen LogP contribution in [-0.2, 0) is 22.6 Å². The summed E-state index contributed by atoms with van der Waals surface area (Å²) in [7, 11) is 1.62. The summed E-state index contributed by atoms with van der Waals surface area (Å²) in [6, 6.07) is 30.2. The monoisotopic (exact) mass is 618 g/mol. The molecule has 2 unspecified atom stereocenters. The molecular formula is C38H42N4O4. The summed E-state index contributed by atoms with van der Waals surface area (Å²) in [5.41, 5.74) is 11.5. The largest absolute Gasteiger partial charge is 0.497 e. The van der Waals surface area contributed by atoms with Crippen LogP contribution in [0, 0.1) is 0 Å². The Morgan fingerprint density at radius 2 is 1.61 bits per heavy atom. The van der Waals surface area contributed by atoms with Crippen LogP contribution in [0.3, 0.4) is 0 Å². The van der Waals surface area contributed by atoms with E-state index < -0.39 is 11.6 Å². The fraction of sp³-hybridized carbons (Fsp3) is 0.289. The molecule has 0 bridgehead atoms. The van der Waals surface area contributed by atoms with Crippen molar-refractivity contribution >= 4 is 23.4 Å². The molecule has 0 radical (unpaired) electrons. The zero-order valence-corrected chi connectivity index (χ0v) is 26.9. The highest BCUT2D eigenvalue weighted by molar-refractivity contribution is 6.02. The van der Waals surface area contributed by atoms with Crippen molar-refractivity contribution in [2.45, 2.75) is 57.7 Å². The molecular weight excluding hydrogens is 576 g/mol. The molecule has 8 nitrogen and oxygen atoms in total. The lowest BCUT2D eigenvalue weighted by atomic mass is 9.86. The van der Waals surface area contributed by atoms with Crippen LogP contribution in [0.15, 0.2) is 97.1 Å². The van der Waals surface area contributed by atoms with Gasteiger partial charge in [0.1, 0.15) is 11.8 Å². The molecule has 2 atom stereocenters. The van der Waals surface area contributed by atoms with Gasteiger partial charge in [0, 0.05) is 35.7 Å². The van der Waals surface area contributed by atoms with E-state index in [0.29, 0.717) is 30.8 Å². The summed E-state index contributed by atoms with van der Waals surface area (Å²) in [4.78, 5) is 42.4. The quantitative estimate of drug-likeness (QED) is 0.214. The smallest absolute Gasteiger partial charge is 0.251 e. The number of benzene rings is 4. The normalized spacial score (nSPS) is 16.3. The molecule has 238 valence electrons. The number of hydrogen-bond acceptors (Lipinski definition) is 5. The highest BCUT2D eigenvalue weighted by atomic mass is 16.5. The number of para-hydroxylation sites is 1. The van der Waals surface area contributed by atoms with E-state index in [1.54, 1.807) is 25.9 Å². The predicted octanol–water partition coefficient (Wildman–Crippen LogP) is 5.60. The number of carbonyl (C=O) groups is 3. The molecule has 8 heteroatoms. The summed E-state index contributed by atoms with van der Waals surface area (Å²) in [5, 5.41) is 5.95. The molecule has 0 spiro atoms. The first-order valence-corrected chi connectivity index (χ1v) is 15.7. The lowest BCUT2D eigenvalue weighted by Gasteiger charge is -2.30. The van der Waals surface area contributed by atoms with E-state index >= 15 is 0 Å². The zero-order chi connectivity index (χ0) is 32.8. The number of methoxy groups -OCH3 is 1. The van der Waals surface area contributed by atoms with Crippen LogP contribution >= 0.6 is 0 Å². The van der Waals surface area contributed by atoms with Crippen LogP contribution in [-0.4, -0.2) is 43.0 Å². The molecule has 4 N–H and O–H groups in total. The van der Waals surface area contributed by atoms with Crippen molar-refractivity contribution in [2.75, 3.05) is 18.6 Å². The summed E-state index contributed by atoms with van der Waals surface area (Å²) in [5.74, 6) is -0.188. The Kier molecular flexibility index (Phi) is 9.87. The van der Waals surface area contributed by atoms with Crippen LogP contribution in [0.4, 0.5) is 5.69 Å². The molecule has 1 heterocycles. The first-order valence-electron chi connectivity index (χ1n) is 15.7. The Bertz CT molecular complexity index is 1690. The van der Waals surface area contributed by atoms with Gasteiger partial charge in [0.05, 0.1) is 13.7 Å². The molecule has 46 heavy (non-hydrogen) atoms. The third-order valence-corrected chi connectivity index (χ3v) is 8.25. The summed E-state index contributed by atoms with van der Waals surface area (Å²) in [6.45, 7) is 6.33. The van der Waals surface area contributed by atoms with Gasteiger partial charge in [-0.2, -0.15) is 0 Å². The predicted molar refractivity (Wildman–Crippen MR) is 182 cm³/mol. The Balaban J connectivity index is 1.50. The number of ether oxygens (including phenoxy) is 1. The molecule has 0 saturated carbocycles. The van der Waals surface area contributed by atoms with E-state index in [4.69, 9.17) is 10.5 Å². The van der Waals surface area contributed by atoms with Crippen LogP contribution in [0.5, 0.6) is 5.75 Å². The third-order valence-electron chi connectivity index (χ3n) is 8.25. The Morgan fingerprint density at radius 1 is 0.935 bits per heavy atom. The minimum absolute atomic E-state index is 0.0816. The highest BCUT2D eigenvalue weighted by Gasteiger charge is 2.39. The van der Waals surface area contributed by atoms with Crippen LogP contribution < -0.4 is 26.0 Å². The second-order valence-electron chi connectivity index (χ2n) is 12.4. The molecule has 3 amide bonds. The van der Waals surface area contributed by atoms with E-state index in [9.17, 15) is 14.4 Å². The van der Waals surface area contributed by atoms with Gasteiger partial charge in [-0.25, -0.2) is 0 Å². The van der Waals surface area contributed by atoms with E-state index in [1.807, 2.05) is 104 Å². The Labute approximate surface area is 271 Å². The molecule has 0 fully saturated rings. The molecule has 4 aromatic carbocycles. The van der Waals surface area contributed by atoms with E-state index in [2.05, 4.69) is 10.6 Å². The second-order valence-corrected chi connectivity index (χ2v) is 12.4. The van der Waals surface area contributed by atoms with Crippen molar-refractivity contribution < 1.29 is 19.1 Å². The Morgan fingerprint density at radius 3 is 2.28 bits per heavy atom. The van der Waals surface area contributed by atoms with Crippen LogP contribution in [0.1, 0.15) is 60.2 Å². The minimum Gasteiger partial charge on any atom is -0.497 e. The number of rotatable bonds is 10. The molecule has 5 rings (SSSR count). The van der Waals surface area contributed by atoms with Crippen LogP contribution in [0.2, 0.25) is 0 Å². The second kappa shape index (κ2) is 14.0. The maximum Gasteiger partial charge on any atom is 0.251 e. The number of nitrogens with zero attached hydrogens (tertiary/aromatic N) is 1. The third kappa shape index (κ3) is 7.46. The zero-order valence-electron chi connectivity index (χ0n) is 26.9. The molecule has 1 aliphatic heterocycles. The van der Waals surface area contributed by atoms with Crippen molar-refractivity contribution in [3.8, 4) is 16.9 Å². The summed E-state index contributed by atoms with van der Waals surface area (Å²) in [6.07, 6.45) is 0.634. The number of carbonyl (C=O) groups excluding carboxylic acids is 3. The lowest BCUT2D eigenvalue weighted by Crippen LogP contribution is -2.52. The molecule has 1 aliphatic rings. The van der Waals surface area contributed by atoms with Crippen LogP contribution in [0.25, 0.3) is 11.1 Å². The van der Waals surface area contributed by atoms with Gasteiger partial charge in [0.15, 0.2) is 0 Å². The number of nitrogens with one attached hydrogen (secondary N) is 2. The van der Waals surface area contributed by atoms with E-state index in [0.717, 1.165) is 33.5 Å². The number of fused-ring (bicyclic) bond motifs is 1. The topological polar surface area (TPSA) is 114 Å². The molecule has 4 aromatic rings. The van der Waals surface area contributed by atoms with E-state index in [-0.39, 0.29) is 30.1 Å². The maximum atomic E-state index is 14.6. The van der Waals surface area contributed by atoms with Crippen molar-refractivity contribution in [3.05, 3.63) is 119 Å². The van der Waals surface area contributed by atoms with Gasteiger partial charge in [-0.05, 0) is 79.3 Å². The van der Waals surface area contributed by atoms with Crippen molar-refractivity contribution in [3.63, 3.8) is 0 Å². The maximum absolute atomic E-state index is 14.6. The number of amides is 3. The number of hydrogen-bond donors (Lipinski definition) is 3. The first-order chi connectivity index (χ1) is 22.1. The molecule has 0 aliphatic carbocycles. The highest BCUT2D eigenvalue weighted by Crippen LogP contribution is 2.37. The summed E-state index contributed by atoms with van der Waals surface area (Å²) < 4.78 is 5.38. The average molecular weight is 619 g/mol. The average Bonchev–Trinajstić information content (AvgIpc) is 3.15. The first kappa shape index (κ1) is 32.4. The number of anilines is 1. The minimum atomic E-state index is -0.820.